The molecular weight excluding hydrogens is 328 g/mol. The summed E-state index contributed by atoms with van der Waals surface area (Å²) in [7, 11) is -3.51. The van der Waals surface area contributed by atoms with E-state index in [0.717, 1.165) is 31.2 Å². The molecule has 2 heterocycles. The number of aromatic nitrogens is 2. The number of carbonyl (C=O) groups excluding carboxylic acids is 1. The van der Waals surface area contributed by atoms with Gasteiger partial charge in [-0.3, -0.25) is 9.52 Å². The summed E-state index contributed by atoms with van der Waals surface area (Å²) >= 11 is 0. The van der Waals surface area contributed by atoms with Crippen LogP contribution in [0.4, 0.5) is 5.69 Å². The number of nitrogens with one attached hydrogen (secondary N) is 2. The molecule has 2 aromatic heterocycles. The van der Waals surface area contributed by atoms with Gasteiger partial charge in [0.05, 0.1) is 17.0 Å². The van der Waals surface area contributed by atoms with Crippen LogP contribution in [0.2, 0.25) is 0 Å². The molecule has 0 spiro atoms. The minimum absolute atomic E-state index is 0.0226. The minimum atomic E-state index is -3.51. The van der Waals surface area contributed by atoms with Crippen LogP contribution >= 0.6 is 0 Å². The molecule has 1 aliphatic rings. The van der Waals surface area contributed by atoms with Crippen LogP contribution in [0.15, 0.2) is 30.6 Å². The lowest BCUT2D eigenvalue weighted by Crippen LogP contribution is -2.36. The third-order valence-corrected chi connectivity index (χ3v) is 5.61. The lowest BCUT2D eigenvalue weighted by atomic mass is 9.89. The highest BCUT2D eigenvalue weighted by atomic mass is 32.2. The van der Waals surface area contributed by atoms with E-state index in [2.05, 4.69) is 15.1 Å². The molecule has 0 aliphatic heterocycles. The highest BCUT2D eigenvalue weighted by Gasteiger charge is 2.21. The standard InChI is InChI=1S/C16H22N4O3S/c21-16(13-4-2-1-3-5-13)17-9-11-24(22,23)19-14-7-10-20-15(12-14)6-8-18-20/h6-8,10,12-13,19H,1-5,9,11H2,(H,17,21). The molecule has 0 radical (unpaired) electrons. The van der Waals surface area contributed by atoms with Crippen LogP contribution in [0, 0.1) is 5.92 Å². The first-order valence-electron chi connectivity index (χ1n) is 8.25. The number of fused-ring (bicyclic) bond motifs is 1. The minimum Gasteiger partial charge on any atom is -0.355 e. The van der Waals surface area contributed by atoms with Gasteiger partial charge in [-0.25, -0.2) is 12.9 Å². The average Bonchev–Trinajstić information content (AvgIpc) is 3.02. The molecule has 24 heavy (non-hydrogen) atoms. The zero-order chi connectivity index (χ0) is 17.0. The van der Waals surface area contributed by atoms with Gasteiger partial charge in [0.15, 0.2) is 0 Å². The van der Waals surface area contributed by atoms with E-state index in [1.807, 2.05) is 0 Å². The van der Waals surface area contributed by atoms with Crippen molar-refractivity contribution in [2.45, 2.75) is 32.1 Å². The maximum Gasteiger partial charge on any atom is 0.234 e. The van der Waals surface area contributed by atoms with E-state index in [9.17, 15) is 13.2 Å². The van der Waals surface area contributed by atoms with Crippen LogP contribution in [-0.2, 0) is 14.8 Å². The quantitative estimate of drug-likeness (QED) is 0.830. The monoisotopic (exact) mass is 350 g/mol. The SMILES string of the molecule is O=C(NCCS(=O)(=O)Nc1ccn2nccc2c1)C1CCCCC1. The Morgan fingerprint density at radius 3 is 2.83 bits per heavy atom. The summed E-state index contributed by atoms with van der Waals surface area (Å²) in [5, 5.41) is 6.81. The first-order valence-corrected chi connectivity index (χ1v) is 9.90. The Morgan fingerprint density at radius 1 is 1.25 bits per heavy atom. The molecule has 3 rings (SSSR count). The van der Waals surface area contributed by atoms with Crippen molar-refractivity contribution in [2.75, 3.05) is 17.0 Å². The molecule has 0 unspecified atom stereocenters. The van der Waals surface area contributed by atoms with E-state index in [1.54, 1.807) is 35.1 Å². The Hall–Kier alpha value is -2.09. The molecule has 0 aromatic carbocycles. The Morgan fingerprint density at radius 2 is 2.04 bits per heavy atom. The summed E-state index contributed by atoms with van der Waals surface area (Å²) in [6.07, 6.45) is 8.49. The largest absolute Gasteiger partial charge is 0.355 e. The zero-order valence-corrected chi connectivity index (χ0v) is 14.3. The van der Waals surface area contributed by atoms with E-state index in [-0.39, 0.29) is 24.1 Å². The fourth-order valence-corrected chi connectivity index (χ4v) is 3.99. The van der Waals surface area contributed by atoms with Crippen molar-refractivity contribution in [3.63, 3.8) is 0 Å². The van der Waals surface area contributed by atoms with Crippen LogP contribution in [0.5, 0.6) is 0 Å². The zero-order valence-electron chi connectivity index (χ0n) is 13.4. The number of carbonyl (C=O) groups is 1. The number of hydrogen-bond acceptors (Lipinski definition) is 4. The predicted octanol–water partition coefficient (Wildman–Crippen LogP) is 1.77. The summed E-state index contributed by atoms with van der Waals surface area (Å²) in [4.78, 5) is 12.0. The fraction of sp³-hybridized carbons (Fsp3) is 0.500. The van der Waals surface area contributed by atoms with Gasteiger partial charge < -0.3 is 5.32 Å². The smallest absolute Gasteiger partial charge is 0.234 e. The van der Waals surface area contributed by atoms with Crippen molar-refractivity contribution in [1.29, 1.82) is 0 Å². The van der Waals surface area contributed by atoms with E-state index < -0.39 is 10.0 Å². The molecule has 1 fully saturated rings. The summed E-state index contributed by atoms with van der Waals surface area (Å²) < 4.78 is 28.5. The number of anilines is 1. The number of pyridine rings is 1. The lowest BCUT2D eigenvalue weighted by Gasteiger charge is -2.20. The number of hydrogen-bond donors (Lipinski definition) is 2. The van der Waals surface area contributed by atoms with Gasteiger partial charge in [0.25, 0.3) is 0 Å². The van der Waals surface area contributed by atoms with E-state index in [4.69, 9.17) is 0 Å². The maximum absolute atomic E-state index is 12.1. The van der Waals surface area contributed by atoms with Crippen LogP contribution in [0.1, 0.15) is 32.1 Å². The number of amides is 1. The van der Waals surface area contributed by atoms with Gasteiger partial charge in [0.2, 0.25) is 15.9 Å². The molecule has 1 aliphatic carbocycles. The molecule has 2 N–H and O–H groups in total. The number of rotatable bonds is 6. The molecule has 1 amide bonds. The second-order valence-electron chi connectivity index (χ2n) is 6.16. The summed E-state index contributed by atoms with van der Waals surface area (Å²) in [5.41, 5.74) is 1.29. The van der Waals surface area contributed by atoms with Crippen molar-refractivity contribution in [2.24, 2.45) is 5.92 Å². The van der Waals surface area contributed by atoms with Crippen molar-refractivity contribution in [1.82, 2.24) is 14.9 Å². The Balaban J connectivity index is 1.51. The third-order valence-electron chi connectivity index (χ3n) is 4.32. The number of sulfonamides is 1. The van der Waals surface area contributed by atoms with Crippen molar-refractivity contribution in [3.05, 3.63) is 30.6 Å². The van der Waals surface area contributed by atoms with Crippen LogP contribution in [0.3, 0.4) is 0 Å². The van der Waals surface area contributed by atoms with Gasteiger partial charge in [0.1, 0.15) is 0 Å². The van der Waals surface area contributed by atoms with Gasteiger partial charge in [-0.2, -0.15) is 5.10 Å². The molecule has 130 valence electrons. The first kappa shape index (κ1) is 16.8. The van der Waals surface area contributed by atoms with E-state index in [0.29, 0.717) is 5.69 Å². The summed E-state index contributed by atoms with van der Waals surface area (Å²) in [6.45, 7) is 0.125. The molecule has 0 saturated heterocycles. The van der Waals surface area contributed by atoms with Crippen LogP contribution in [-0.4, -0.2) is 36.2 Å². The fourth-order valence-electron chi connectivity index (χ4n) is 3.03. The average molecular weight is 350 g/mol. The highest BCUT2D eigenvalue weighted by Crippen LogP contribution is 2.23. The van der Waals surface area contributed by atoms with Crippen LogP contribution in [0.25, 0.3) is 5.52 Å². The van der Waals surface area contributed by atoms with E-state index >= 15 is 0 Å². The highest BCUT2D eigenvalue weighted by molar-refractivity contribution is 7.92. The van der Waals surface area contributed by atoms with Gasteiger partial charge in [-0.15, -0.1) is 0 Å². The predicted molar refractivity (Wildman–Crippen MR) is 92.2 cm³/mol. The van der Waals surface area contributed by atoms with Gasteiger partial charge in [-0.05, 0) is 31.0 Å². The van der Waals surface area contributed by atoms with Crippen molar-refractivity contribution in [3.8, 4) is 0 Å². The topological polar surface area (TPSA) is 92.6 Å². The molecule has 0 atom stereocenters. The molecule has 2 aromatic rings. The summed E-state index contributed by atoms with van der Waals surface area (Å²) in [5.74, 6) is -0.125. The molecule has 0 bridgehead atoms. The molecule has 1 saturated carbocycles. The van der Waals surface area contributed by atoms with E-state index in [1.165, 1.54) is 6.42 Å². The van der Waals surface area contributed by atoms with Gasteiger partial charge in [-0.1, -0.05) is 19.3 Å². The molecule has 8 heteroatoms. The second-order valence-corrected chi connectivity index (χ2v) is 8.00. The van der Waals surface area contributed by atoms with Crippen molar-refractivity contribution < 1.29 is 13.2 Å². The van der Waals surface area contributed by atoms with Crippen molar-refractivity contribution >= 4 is 27.1 Å². The second kappa shape index (κ2) is 7.21. The summed E-state index contributed by atoms with van der Waals surface area (Å²) in [6, 6.07) is 5.16. The maximum atomic E-state index is 12.1. The Bertz CT molecular complexity index is 810. The Labute approximate surface area is 141 Å². The number of nitrogens with zero attached hydrogens (tertiary/aromatic N) is 2. The van der Waals surface area contributed by atoms with Gasteiger partial charge in [0, 0.05) is 24.9 Å². The van der Waals surface area contributed by atoms with Gasteiger partial charge >= 0.3 is 0 Å². The third kappa shape index (κ3) is 4.25. The Kier molecular flexibility index (Phi) is 5.03. The molecule has 7 nitrogen and oxygen atoms in total. The first-order chi connectivity index (χ1) is 11.5. The molecular formula is C16H22N4O3S. The lowest BCUT2D eigenvalue weighted by molar-refractivity contribution is -0.125. The van der Waals surface area contributed by atoms with Crippen LogP contribution < -0.4 is 10.0 Å². The normalized spacial score (nSPS) is 16.2.